The molecule has 0 aliphatic rings. The van der Waals surface area contributed by atoms with Crippen LogP contribution in [0.5, 0.6) is 0 Å². The van der Waals surface area contributed by atoms with Crippen LogP contribution in [-0.4, -0.2) is 11.9 Å². The predicted molar refractivity (Wildman–Crippen MR) is 74.2 cm³/mol. The number of nitrogens with two attached hydrogens (primary N) is 1. The van der Waals surface area contributed by atoms with Crippen LogP contribution in [0.4, 0.5) is 5.69 Å². The molecule has 0 aromatic heterocycles. The minimum absolute atomic E-state index is 0.359. The third-order valence-electron chi connectivity index (χ3n) is 2.80. The van der Waals surface area contributed by atoms with E-state index in [4.69, 9.17) is 5.73 Å². The zero-order chi connectivity index (χ0) is 13.0. The zero-order valence-corrected chi connectivity index (χ0v) is 10.3. The van der Waals surface area contributed by atoms with Crippen molar-refractivity contribution in [1.82, 2.24) is 0 Å². The second kappa shape index (κ2) is 5.36. The van der Waals surface area contributed by atoms with Gasteiger partial charge in [0.05, 0.1) is 0 Å². The van der Waals surface area contributed by atoms with E-state index in [1.54, 1.807) is 6.92 Å². The molecular formula is C15H16N2O. The number of anilines is 1. The SMILES string of the molecule is CC(Nc1ccc(-c2ccccc2)cc1)C(N)=O. The zero-order valence-electron chi connectivity index (χ0n) is 10.3. The van der Waals surface area contributed by atoms with Crippen LogP contribution >= 0.6 is 0 Å². The van der Waals surface area contributed by atoms with Crippen LogP contribution in [0.15, 0.2) is 54.6 Å². The largest absolute Gasteiger partial charge is 0.374 e. The van der Waals surface area contributed by atoms with E-state index in [-0.39, 0.29) is 11.9 Å². The summed E-state index contributed by atoms with van der Waals surface area (Å²) in [6.07, 6.45) is 0. The van der Waals surface area contributed by atoms with E-state index in [2.05, 4.69) is 17.4 Å². The number of hydrogen-bond acceptors (Lipinski definition) is 2. The standard InChI is InChI=1S/C15H16N2O/c1-11(15(16)18)17-14-9-7-13(8-10-14)12-5-3-2-4-6-12/h2-11,17H,1H3,(H2,16,18). The minimum Gasteiger partial charge on any atom is -0.374 e. The van der Waals surface area contributed by atoms with Gasteiger partial charge in [0, 0.05) is 5.69 Å². The van der Waals surface area contributed by atoms with Gasteiger partial charge in [0.2, 0.25) is 5.91 Å². The third kappa shape index (κ3) is 2.88. The van der Waals surface area contributed by atoms with Crippen LogP contribution in [0, 0.1) is 0 Å². The molecule has 0 aliphatic heterocycles. The molecule has 2 aromatic carbocycles. The van der Waals surface area contributed by atoms with Crippen LogP contribution in [0.25, 0.3) is 11.1 Å². The van der Waals surface area contributed by atoms with Crippen molar-refractivity contribution in [2.24, 2.45) is 5.73 Å². The van der Waals surface area contributed by atoms with Crippen molar-refractivity contribution < 1.29 is 4.79 Å². The van der Waals surface area contributed by atoms with Crippen LogP contribution in [0.3, 0.4) is 0 Å². The van der Waals surface area contributed by atoms with Crippen molar-refractivity contribution in [3.63, 3.8) is 0 Å². The van der Waals surface area contributed by atoms with Gasteiger partial charge in [0.1, 0.15) is 6.04 Å². The molecular weight excluding hydrogens is 224 g/mol. The normalized spacial score (nSPS) is 11.8. The average Bonchev–Trinajstić information content (AvgIpc) is 2.40. The summed E-state index contributed by atoms with van der Waals surface area (Å²) in [5, 5.41) is 3.05. The Morgan fingerprint density at radius 1 is 1.00 bits per heavy atom. The van der Waals surface area contributed by atoms with Crippen molar-refractivity contribution >= 4 is 11.6 Å². The van der Waals surface area contributed by atoms with Gasteiger partial charge in [0.25, 0.3) is 0 Å². The number of nitrogens with one attached hydrogen (secondary N) is 1. The Bertz CT molecular complexity index is 520. The van der Waals surface area contributed by atoms with E-state index >= 15 is 0 Å². The highest BCUT2D eigenvalue weighted by atomic mass is 16.1. The maximum Gasteiger partial charge on any atom is 0.239 e. The topological polar surface area (TPSA) is 55.1 Å². The number of hydrogen-bond donors (Lipinski definition) is 2. The molecule has 1 amide bonds. The van der Waals surface area contributed by atoms with Crippen molar-refractivity contribution in [3.05, 3.63) is 54.6 Å². The molecule has 0 fully saturated rings. The monoisotopic (exact) mass is 240 g/mol. The van der Waals surface area contributed by atoms with Crippen molar-refractivity contribution in [2.75, 3.05) is 5.32 Å². The third-order valence-corrected chi connectivity index (χ3v) is 2.80. The van der Waals surface area contributed by atoms with E-state index < -0.39 is 0 Å². The first-order valence-corrected chi connectivity index (χ1v) is 5.88. The van der Waals surface area contributed by atoms with Crippen LogP contribution in [0.1, 0.15) is 6.92 Å². The summed E-state index contributed by atoms with van der Waals surface area (Å²) in [7, 11) is 0. The fraction of sp³-hybridized carbons (Fsp3) is 0.133. The number of primary amides is 1. The van der Waals surface area contributed by atoms with Crippen molar-refractivity contribution in [2.45, 2.75) is 13.0 Å². The van der Waals surface area contributed by atoms with E-state index in [1.165, 1.54) is 5.56 Å². The summed E-state index contributed by atoms with van der Waals surface area (Å²) in [6.45, 7) is 1.74. The first-order valence-electron chi connectivity index (χ1n) is 5.88. The predicted octanol–water partition coefficient (Wildman–Crippen LogP) is 2.64. The molecule has 2 aromatic rings. The Kier molecular flexibility index (Phi) is 3.63. The number of benzene rings is 2. The molecule has 0 saturated heterocycles. The minimum atomic E-state index is -0.368. The molecule has 92 valence electrons. The van der Waals surface area contributed by atoms with Gasteiger partial charge in [-0.3, -0.25) is 4.79 Å². The molecule has 18 heavy (non-hydrogen) atoms. The van der Waals surface area contributed by atoms with E-state index in [0.717, 1.165) is 11.3 Å². The van der Waals surface area contributed by atoms with Gasteiger partial charge in [-0.05, 0) is 30.2 Å². The van der Waals surface area contributed by atoms with Gasteiger partial charge < -0.3 is 11.1 Å². The lowest BCUT2D eigenvalue weighted by Gasteiger charge is -2.12. The lowest BCUT2D eigenvalue weighted by Crippen LogP contribution is -2.32. The van der Waals surface area contributed by atoms with Gasteiger partial charge >= 0.3 is 0 Å². The number of amides is 1. The molecule has 0 bridgehead atoms. The molecule has 3 N–H and O–H groups in total. The Labute approximate surface area is 107 Å². The Morgan fingerprint density at radius 3 is 2.11 bits per heavy atom. The highest BCUT2D eigenvalue weighted by molar-refractivity contribution is 5.82. The lowest BCUT2D eigenvalue weighted by molar-refractivity contribution is -0.118. The van der Waals surface area contributed by atoms with Gasteiger partial charge in [-0.2, -0.15) is 0 Å². The van der Waals surface area contributed by atoms with E-state index in [9.17, 15) is 4.79 Å². The summed E-state index contributed by atoms with van der Waals surface area (Å²) < 4.78 is 0. The number of carbonyl (C=O) groups excluding carboxylic acids is 1. The fourth-order valence-corrected chi connectivity index (χ4v) is 1.71. The summed E-state index contributed by atoms with van der Waals surface area (Å²) in [5.74, 6) is -0.359. The Balaban J connectivity index is 2.13. The van der Waals surface area contributed by atoms with Crippen LogP contribution < -0.4 is 11.1 Å². The first-order chi connectivity index (χ1) is 8.66. The average molecular weight is 240 g/mol. The highest BCUT2D eigenvalue weighted by Gasteiger charge is 2.07. The van der Waals surface area contributed by atoms with Gasteiger partial charge in [-0.25, -0.2) is 0 Å². The van der Waals surface area contributed by atoms with Gasteiger partial charge in [0.15, 0.2) is 0 Å². The molecule has 3 heteroatoms. The van der Waals surface area contributed by atoms with E-state index in [0.29, 0.717) is 0 Å². The van der Waals surface area contributed by atoms with Gasteiger partial charge in [-0.1, -0.05) is 42.5 Å². The molecule has 1 atom stereocenters. The quantitative estimate of drug-likeness (QED) is 0.863. The van der Waals surface area contributed by atoms with Crippen molar-refractivity contribution in [1.29, 1.82) is 0 Å². The molecule has 0 aliphatic carbocycles. The molecule has 0 saturated carbocycles. The van der Waals surface area contributed by atoms with Crippen LogP contribution in [-0.2, 0) is 4.79 Å². The molecule has 0 spiro atoms. The second-order valence-corrected chi connectivity index (χ2v) is 4.21. The van der Waals surface area contributed by atoms with Gasteiger partial charge in [-0.15, -0.1) is 0 Å². The smallest absolute Gasteiger partial charge is 0.239 e. The second-order valence-electron chi connectivity index (χ2n) is 4.21. The van der Waals surface area contributed by atoms with E-state index in [1.807, 2.05) is 42.5 Å². The van der Waals surface area contributed by atoms with Crippen LogP contribution in [0.2, 0.25) is 0 Å². The molecule has 2 rings (SSSR count). The molecule has 0 radical (unpaired) electrons. The lowest BCUT2D eigenvalue weighted by atomic mass is 10.1. The summed E-state index contributed by atoms with van der Waals surface area (Å²) in [5.41, 5.74) is 8.41. The fourth-order valence-electron chi connectivity index (χ4n) is 1.71. The maximum atomic E-state index is 11.0. The first kappa shape index (κ1) is 12.2. The maximum absolute atomic E-state index is 11.0. The Morgan fingerprint density at radius 2 is 1.56 bits per heavy atom. The number of rotatable bonds is 4. The highest BCUT2D eigenvalue weighted by Crippen LogP contribution is 2.21. The summed E-state index contributed by atoms with van der Waals surface area (Å²) in [4.78, 5) is 11.0. The summed E-state index contributed by atoms with van der Waals surface area (Å²) >= 11 is 0. The molecule has 3 nitrogen and oxygen atoms in total. The molecule has 1 unspecified atom stereocenters. The summed E-state index contributed by atoms with van der Waals surface area (Å²) in [6, 6.07) is 17.7. The van der Waals surface area contributed by atoms with Crippen molar-refractivity contribution in [3.8, 4) is 11.1 Å². The number of carbonyl (C=O) groups is 1. The Hall–Kier alpha value is -2.29. The molecule has 0 heterocycles.